The van der Waals surface area contributed by atoms with Crippen LogP contribution in [0.2, 0.25) is 0 Å². The van der Waals surface area contributed by atoms with Crippen molar-refractivity contribution in [1.29, 1.82) is 0 Å². The zero-order valence-electron chi connectivity index (χ0n) is 11.0. The molecule has 0 saturated heterocycles. The minimum absolute atomic E-state index is 0.00723. The van der Waals surface area contributed by atoms with Gasteiger partial charge in [-0.1, -0.05) is 18.2 Å². The number of carboxylic acids is 1. The zero-order valence-corrected chi connectivity index (χ0v) is 11.0. The molecule has 0 aliphatic heterocycles. The maximum atomic E-state index is 11.7. The second-order valence-corrected chi connectivity index (χ2v) is 4.67. The Morgan fingerprint density at radius 2 is 2.20 bits per heavy atom. The summed E-state index contributed by atoms with van der Waals surface area (Å²) in [4.78, 5) is 26.1. The Morgan fingerprint density at radius 1 is 1.35 bits per heavy atom. The Morgan fingerprint density at radius 3 is 2.80 bits per heavy atom. The fraction of sp³-hybridized carbons (Fsp3) is 0.357. The van der Waals surface area contributed by atoms with Crippen LogP contribution in [-0.2, 0) is 6.54 Å². The van der Waals surface area contributed by atoms with Gasteiger partial charge in [0.25, 0.3) is 0 Å². The molecule has 2 rings (SSSR count). The van der Waals surface area contributed by atoms with E-state index in [9.17, 15) is 9.59 Å². The number of nitrogens with zero attached hydrogens (tertiary/aromatic N) is 1. The van der Waals surface area contributed by atoms with E-state index in [0.717, 1.165) is 24.8 Å². The lowest BCUT2D eigenvalue weighted by Crippen LogP contribution is -2.42. The van der Waals surface area contributed by atoms with Crippen LogP contribution in [0.15, 0.2) is 30.5 Å². The number of allylic oxidation sites excluding steroid dienone is 1. The van der Waals surface area contributed by atoms with Gasteiger partial charge < -0.3 is 15.7 Å². The predicted molar refractivity (Wildman–Crippen MR) is 73.3 cm³/mol. The fourth-order valence-electron chi connectivity index (χ4n) is 2.00. The van der Waals surface area contributed by atoms with Crippen molar-refractivity contribution in [3.63, 3.8) is 0 Å². The number of aromatic nitrogens is 1. The number of aromatic carboxylic acids is 1. The number of amides is 2. The second kappa shape index (κ2) is 6.70. The van der Waals surface area contributed by atoms with Crippen LogP contribution in [-0.4, -0.2) is 28.1 Å². The van der Waals surface area contributed by atoms with Crippen molar-refractivity contribution in [2.75, 3.05) is 0 Å². The van der Waals surface area contributed by atoms with Crippen LogP contribution >= 0.6 is 0 Å². The first-order valence-electron chi connectivity index (χ1n) is 6.53. The largest absolute Gasteiger partial charge is 0.477 e. The van der Waals surface area contributed by atoms with E-state index in [0.29, 0.717) is 6.54 Å². The normalized spacial score (nSPS) is 17.5. The van der Waals surface area contributed by atoms with Gasteiger partial charge in [-0.05, 0) is 30.9 Å². The molecule has 1 aromatic rings. The van der Waals surface area contributed by atoms with Gasteiger partial charge in [-0.15, -0.1) is 0 Å². The van der Waals surface area contributed by atoms with E-state index >= 15 is 0 Å². The van der Waals surface area contributed by atoms with E-state index in [4.69, 9.17) is 5.11 Å². The molecular weight excluding hydrogens is 258 g/mol. The monoisotopic (exact) mass is 275 g/mol. The lowest BCUT2D eigenvalue weighted by molar-refractivity contribution is 0.0690. The van der Waals surface area contributed by atoms with E-state index in [-0.39, 0.29) is 17.8 Å². The Labute approximate surface area is 116 Å². The molecule has 106 valence electrons. The molecule has 2 amide bonds. The van der Waals surface area contributed by atoms with Crippen molar-refractivity contribution < 1.29 is 14.7 Å². The first-order chi connectivity index (χ1) is 9.65. The summed E-state index contributed by atoms with van der Waals surface area (Å²) < 4.78 is 0. The molecule has 1 aliphatic carbocycles. The van der Waals surface area contributed by atoms with Gasteiger partial charge in [0.15, 0.2) is 0 Å². The van der Waals surface area contributed by atoms with Gasteiger partial charge in [0.2, 0.25) is 0 Å². The molecule has 3 N–H and O–H groups in total. The average molecular weight is 275 g/mol. The first-order valence-corrected chi connectivity index (χ1v) is 6.53. The third-order valence-electron chi connectivity index (χ3n) is 3.10. The highest BCUT2D eigenvalue weighted by Crippen LogP contribution is 2.10. The van der Waals surface area contributed by atoms with E-state index in [1.54, 1.807) is 6.07 Å². The SMILES string of the molecule is O=C(NCc1ccc(C(=O)O)nc1)NC1CC=CCC1. The molecular formula is C14H17N3O3. The quantitative estimate of drug-likeness (QED) is 0.729. The summed E-state index contributed by atoms with van der Waals surface area (Å²) in [6, 6.07) is 3.03. The summed E-state index contributed by atoms with van der Waals surface area (Å²) in [6.45, 7) is 0.321. The van der Waals surface area contributed by atoms with Crippen molar-refractivity contribution >= 4 is 12.0 Å². The van der Waals surface area contributed by atoms with E-state index in [1.807, 2.05) is 0 Å². The molecule has 1 heterocycles. The van der Waals surface area contributed by atoms with Gasteiger partial charge in [-0.2, -0.15) is 0 Å². The van der Waals surface area contributed by atoms with Gasteiger partial charge in [0.1, 0.15) is 5.69 Å². The number of carbonyl (C=O) groups excluding carboxylic acids is 1. The molecule has 1 aromatic heterocycles. The topological polar surface area (TPSA) is 91.3 Å². The van der Waals surface area contributed by atoms with Gasteiger partial charge in [0.05, 0.1) is 0 Å². The maximum Gasteiger partial charge on any atom is 0.354 e. The lowest BCUT2D eigenvalue weighted by atomic mass is 10.0. The number of urea groups is 1. The Hall–Kier alpha value is -2.37. The standard InChI is InChI=1S/C14H17N3O3/c18-13(19)12-7-6-10(8-15-12)9-16-14(20)17-11-4-2-1-3-5-11/h1-2,6-8,11H,3-5,9H2,(H,18,19)(H2,16,17,20). The Bertz CT molecular complexity index is 511. The molecule has 1 atom stereocenters. The minimum Gasteiger partial charge on any atom is -0.477 e. The summed E-state index contributed by atoms with van der Waals surface area (Å²) in [5.74, 6) is -1.06. The molecule has 0 aromatic carbocycles. The van der Waals surface area contributed by atoms with Crippen molar-refractivity contribution in [3.05, 3.63) is 41.7 Å². The molecule has 20 heavy (non-hydrogen) atoms. The van der Waals surface area contributed by atoms with Crippen molar-refractivity contribution in [2.45, 2.75) is 31.8 Å². The van der Waals surface area contributed by atoms with Crippen LogP contribution < -0.4 is 10.6 Å². The molecule has 1 unspecified atom stereocenters. The molecule has 0 bridgehead atoms. The molecule has 1 aliphatic rings. The number of carboxylic acid groups (broad SMARTS) is 1. The fourth-order valence-corrected chi connectivity index (χ4v) is 2.00. The van der Waals surface area contributed by atoms with Crippen LogP contribution in [0.3, 0.4) is 0 Å². The molecule has 0 fully saturated rings. The number of rotatable bonds is 4. The van der Waals surface area contributed by atoms with Crippen LogP contribution in [0.4, 0.5) is 4.79 Å². The maximum absolute atomic E-state index is 11.7. The van der Waals surface area contributed by atoms with E-state index in [1.165, 1.54) is 12.3 Å². The van der Waals surface area contributed by atoms with Gasteiger partial charge in [-0.25, -0.2) is 14.6 Å². The summed E-state index contributed by atoms with van der Waals surface area (Å²) in [6.07, 6.45) is 8.45. The second-order valence-electron chi connectivity index (χ2n) is 4.67. The van der Waals surface area contributed by atoms with Gasteiger partial charge >= 0.3 is 12.0 Å². The number of hydrogen-bond acceptors (Lipinski definition) is 3. The number of pyridine rings is 1. The summed E-state index contributed by atoms with van der Waals surface area (Å²) in [5.41, 5.74) is 0.751. The Kier molecular flexibility index (Phi) is 4.70. The van der Waals surface area contributed by atoms with Crippen LogP contribution in [0.25, 0.3) is 0 Å². The lowest BCUT2D eigenvalue weighted by Gasteiger charge is -2.19. The molecule has 6 heteroatoms. The molecule has 0 saturated carbocycles. The number of carbonyl (C=O) groups is 2. The summed E-state index contributed by atoms with van der Waals surface area (Å²) in [7, 11) is 0. The van der Waals surface area contributed by atoms with Crippen LogP contribution in [0, 0.1) is 0 Å². The van der Waals surface area contributed by atoms with Crippen molar-refractivity contribution in [3.8, 4) is 0 Å². The summed E-state index contributed by atoms with van der Waals surface area (Å²) in [5, 5.41) is 14.4. The smallest absolute Gasteiger partial charge is 0.354 e. The highest BCUT2D eigenvalue weighted by Gasteiger charge is 2.12. The molecule has 6 nitrogen and oxygen atoms in total. The average Bonchev–Trinajstić information content (AvgIpc) is 2.46. The number of nitrogens with one attached hydrogen (secondary N) is 2. The van der Waals surface area contributed by atoms with Crippen LogP contribution in [0.5, 0.6) is 0 Å². The minimum atomic E-state index is -1.06. The van der Waals surface area contributed by atoms with Crippen molar-refractivity contribution in [2.24, 2.45) is 0 Å². The zero-order chi connectivity index (χ0) is 14.4. The number of hydrogen-bond donors (Lipinski definition) is 3. The van der Waals surface area contributed by atoms with E-state index < -0.39 is 5.97 Å². The third-order valence-corrected chi connectivity index (χ3v) is 3.10. The summed E-state index contributed by atoms with van der Waals surface area (Å²) >= 11 is 0. The van der Waals surface area contributed by atoms with E-state index in [2.05, 4.69) is 27.8 Å². The molecule has 0 spiro atoms. The van der Waals surface area contributed by atoms with Crippen LogP contribution in [0.1, 0.15) is 35.3 Å². The first kappa shape index (κ1) is 14.0. The third kappa shape index (κ3) is 4.08. The molecule has 0 radical (unpaired) electrons. The van der Waals surface area contributed by atoms with Gasteiger partial charge in [-0.3, -0.25) is 0 Å². The van der Waals surface area contributed by atoms with Gasteiger partial charge in [0, 0.05) is 18.8 Å². The predicted octanol–water partition coefficient (Wildman–Crippen LogP) is 1.69. The highest BCUT2D eigenvalue weighted by molar-refractivity contribution is 5.85. The highest BCUT2D eigenvalue weighted by atomic mass is 16.4. The Balaban J connectivity index is 1.77. The van der Waals surface area contributed by atoms with Crippen molar-refractivity contribution in [1.82, 2.24) is 15.6 Å².